The molecule has 0 aromatic carbocycles. The van der Waals surface area contributed by atoms with E-state index in [4.69, 9.17) is 10.5 Å². The molecule has 0 bridgehead atoms. The monoisotopic (exact) mass is 263 g/mol. The molecule has 2 atom stereocenters. The molecule has 0 spiro atoms. The van der Waals surface area contributed by atoms with Crippen LogP contribution in [-0.4, -0.2) is 24.6 Å². The fourth-order valence-electron chi connectivity index (χ4n) is 2.64. The van der Waals surface area contributed by atoms with Gasteiger partial charge in [-0.1, -0.05) is 13.3 Å². The molecule has 1 heterocycles. The summed E-state index contributed by atoms with van der Waals surface area (Å²) < 4.78 is 4.75. The van der Waals surface area contributed by atoms with Crippen LogP contribution < -0.4 is 11.1 Å². The lowest BCUT2D eigenvalue weighted by molar-refractivity contribution is 0.0601. The number of carbonyl (C=O) groups excluding carboxylic acids is 1. The van der Waals surface area contributed by atoms with Crippen LogP contribution in [0.5, 0.6) is 0 Å². The topological polar surface area (TPSA) is 77.2 Å². The van der Waals surface area contributed by atoms with Crippen LogP contribution in [-0.2, 0) is 4.74 Å². The Morgan fingerprint density at radius 1 is 1.58 bits per heavy atom. The van der Waals surface area contributed by atoms with Gasteiger partial charge in [0.25, 0.3) is 0 Å². The van der Waals surface area contributed by atoms with E-state index in [1.807, 2.05) is 0 Å². The Hall–Kier alpha value is -1.78. The molecule has 2 rings (SSSR count). The van der Waals surface area contributed by atoms with E-state index in [0.717, 1.165) is 12.5 Å². The van der Waals surface area contributed by atoms with Crippen LogP contribution in [0, 0.1) is 11.8 Å². The van der Waals surface area contributed by atoms with Crippen molar-refractivity contribution in [3.8, 4) is 0 Å². The molecular formula is C14H21N3O2. The molecule has 0 aliphatic heterocycles. The number of ether oxygens (including phenoxy) is 1. The number of nitrogen functional groups attached to an aromatic ring is 1. The van der Waals surface area contributed by atoms with Gasteiger partial charge in [-0.2, -0.15) is 0 Å². The number of carbonyl (C=O) groups is 1. The predicted molar refractivity (Wildman–Crippen MR) is 75.0 cm³/mol. The number of nitrogens with one attached hydrogen (secondary N) is 1. The van der Waals surface area contributed by atoms with Crippen LogP contribution in [0.2, 0.25) is 0 Å². The summed E-state index contributed by atoms with van der Waals surface area (Å²) in [4.78, 5) is 15.9. The standard InChI is InChI=1S/C14H21N3O2/c1-9-3-4-10(5-9)7-16-13-12(14(18)19-2)6-11(15)8-17-13/h6,8-10H,3-5,7,15H2,1-2H3,(H,16,17). The number of nitrogens with two attached hydrogens (primary N) is 1. The zero-order chi connectivity index (χ0) is 13.8. The third-order valence-electron chi connectivity index (χ3n) is 3.68. The number of hydrogen-bond donors (Lipinski definition) is 2. The van der Waals surface area contributed by atoms with Crippen molar-refractivity contribution in [3.63, 3.8) is 0 Å². The summed E-state index contributed by atoms with van der Waals surface area (Å²) in [5.41, 5.74) is 6.51. The first kappa shape index (κ1) is 13.6. The van der Waals surface area contributed by atoms with E-state index in [1.54, 1.807) is 12.3 Å². The second-order valence-corrected chi connectivity index (χ2v) is 5.32. The fraction of sp³-hybridized carbons (Fsp3) is 0.571. The van der Waals surface area contributed by atoms with Gasteiger partial charge in [-0.3, -0.25) is 0 Å². The maximum absolute atomic E-state index is 11.7. The number of anilines is 2. The Bertz CT molecular complexity index is 462. The Morgan fingerprint density at radius 2 is 2.37 bits per heavy atom. The SMILES string of the molecule is COC(=O)c1cc(N)cnc1NCC1CCC(C)C1. The van der Waals surface area contributed by atoms with Gasteiger partial charge in [0, 0.05) is 6.54 Å². The smallest absolute Gasteiger partial charge is 0.341 e. The summed E-state index contributed by atoms with van der Waals surface area (Å²) in [5, 5.41) is 3.25. The van der Waals surface area contributed by atoms with E-state index in [1.165, 1.54) is 26.4 Å². The van der Waals surface area contributed by atoms with Crippen LogP contribution in [0.25, 0.3) is 0 Å². The van der Waals surface area contributed by atoms with E-state index in [-0.39, 0.29) is 0 Å². The molecule has 5 nitrogen and oxygen atoms in total. The van der Waals surface area contributed by atoms with E-state index in [0.29, 0.717) is 23.0 Å². The van der Waals surface area contributed by atoms with Crippen molar-refractivity contribution in [3.05, 3.63) is 17.8 Å². The van der Waals surface area contributed by atoms with Gasteiger partial charge in [-0.05, 0) is 30.7 Å². The minimum absolute atomic E-state index is 0.397. The Balaban J connectivity index is 2.05. The lowest BCUT2D eigenvalue weighted by Gasteiger charge is -2.14. The van der Waals surface area contributed by atoms with Crippen molar-refractivity contribution in [2.75, 3.05) is 24.7 Å². The number of esters is 1. The number of rotatable bonds is 4. The molecule has 0 saturated heterocycles. The molecule has 1 fully saturated rings. The number of nitrogens with zero attached hydrogens (tertiary/aromatic N) is 1. The highest BCUT2D eigenvalue weighted by Crippen LogP contribution is 2.30. The lowest BCUT2D eigenvalue weighted by Crippen LogP contribution is -2.16. The normalized spacial score (nSPS) is 22.2. The molecule has 3 N–H and O–H groups in total. The molecule has 1 aliphatic rings. The second-order valence-electron chi connectivity index (χ2n) is 5.32. The van der Waals surface area contributed by atoms with Gasteiger partial charge in [-0.15, -0.1) is 0 Å². The number of aromatic nitrogens is 1. The van der Waals surface area contributed by atoms with Gasteiger partial charge in [-0.25, -0.2) is 9.78 Å². The van der Waals surface area contributed by atoms with E-state index >= 15 is 0 Å². The summed E-state index contributed by atoms with van der Waals surface area (Å²) in [7, 11) is 1.36. The average molecular weight is 263 g/mol. The van der Waals surface area contributed by atoms with Crippen molar-refractivity contribution >= 4 is 17.5 Å². The molecule has 1 aromatic heterocycles. The Kier molecular flexibility index (Phi) is 4.24. The third-order valence-corrected chi connectivity index (χ3v) is 3.68. The molecule has 0 amide bonds. The minimum Gasteiger partial charge on any atom is -0.465 e. The quantitative estimate of drug-likeness (QED) is 0.815. The molecule has 1 aliphatic carbocycles. The summed E-state index contributed by atoms with van der Waals surface area (Å²) in [6, 6.07) is 1.60. The summed E-state index contributed by atoms with van der Waals surface area (Å²) >= 11 is 0. The molecule has 1 aromatic rings. The van der Waals surface area contributed by atoms with Gasteiger partial charge in [0.1, 0.15) is 11.4 Å². The van der Waals surface area contributed by atoms with Crippen LogP contribution in [0.1, 0.15) is 36.5 Å². The van der Waals surface area contributed by atoms with Crippen molar-refractivity contribution < 1.29 is 9.53 Å². The van der Waals surface area contributed by atoms with Gasteiger partial charge >= 0.3 is 5.97 Å². The Labute approximate surface area is 113 Å². The maximum Gasteiger partial charge on any atom is 0.341 e. The first-order valence-electron chi connectivity index (χ1n) is 6.68. The second kappa shape index (κ2) is 5.91. The van der Waals surface area contributed by atoms with Crippen molar-refractivity contribution in [1.82, 2.24) is 4.98 Å². The highest BCUT2D eigenvalue weighted by Gasteiger charge is 2.22. The molecule has 1 saturated carbocycles. The zero-order valence-electron chi connectivity index (χ0n) is 11.5. The largest absolute Gasteiger partial charge is 0.465 e. The minimum atomic E-state index is -0.415. The number of hydrogen-bond acceptors (Lipinski definition) is 5. The highest BCUT2D eigenvalue weighted by atomic mass is 16.5. The van der Waals surface area contributed by atoms with Crippen LogP contribution in [0.3, 0.4) is 0 Å². The molecule has 5 heteroatoms. The molecule has 104 valence electrons. The molecule has 19 heavy (non-hydrogen) atoms. The number of methoxy groups -OCH3 is 1. The van der Waals surface area contributed by atoms with E-state index in [2.05, 4.69) is 17.2 Å². The van der Waals surface area contributed by atoms with Crippen molar-refractivity contribution in [1.29, 1.82) is 0 Å². The van der Waals surface area contributed by atoms with Crippen molar-refractivity contribution in [2.24, 2.45) is 11.8 Å². The molecule has 0 radical (unpaired) electrons. The first-order valence-corrected chi connectivity index (χ1v) is 6.68. The summed E-state index contributed by atoms with van der Waals surface area (Å²) in [6.45, 7) is 3.12. The first-order chi connectivity index (χ1) is 9.10. The van der Waals surface area contributed by atoms with Gasteiger partial charge in [0.05, 0.1) is 19.0 Å². The predicted octanol–water partition coefficient (Wildman–Crippen LogP) is 2.30. The van der Waals surface area contributed by atoms with E-state index in [9.17, 15) is 4.79 Å². The molecule has 2 unspecified atom stereocenters. The molecular weight excluding hydrogens is 242 g/mol. The van der Waals surface area contributed by atoms with Crippen molar-refractivity contribution in [2.45, 2.75) is 26.2 Å². The fourth-order valence-corrected chi connectivity index (χ4v) is 2.64. The highest BCUT2D eigenvalue weighted by molar-refractivity contribution is 5.95. The maximum atomic E-state index is 11.7. The van der Waals surface area contributed by atoms with Gasteiger partial charge < -0.3 is 15.8 Å². The Morgan fingerprint density at radius 3 is 3.00 bits per heavy atom. The number of pyridine rings is 1. The van der Waals surface area contributed by atoms with Crippen LogP contribution in [0.4, 0.5) is 11.5 Å². The third kappa shape index (κ3) is 3.36. The van der Waals surface area contributed by atoms with E-state index < -0.39 is 5.97 Å². The summed E-state index contributed by atoms with van der Waals surface area (Å²) in [6.07, 6.45) is 5.30. The zero-order valence-corrected chi connectivity index (χ0v) is 11.5. The lowest BCUT2D eigenvalue weighted by atomic mass is 10.1. The average Bonchev–Trinajstić information content (AvgIpc) is 2.82. The van der Waals surface area contributed by atoms with Crippen LogP contribution >= 0.6 is 0 Å². The van der Waals surface area contributed by atoms with Crippen LogP contribution in [0.15, 0.2) is 12.3 Å². The van der Waals surface area contributed by atoms with Gasteiger partial charge in [0.2, 0.25) is 0 Å². The summed E-state index contributed by atoms with van der Waals surface area (Å²) in [5.74, 6) is 1.59. The van der Waals surface area contributed by atoms with Gasteiger partial charge in [0.15, 0.2) is 0 Å².